The van der Waals surface area contributed by atoms with Gasteiger partial charge in [0.2, 0.25) is 0 Å². The van der Waals surface area contributed by atoms with Gasteiger partial charge in [-0.25, -0.2) is 44.9 Å². The van der Waals surface area contributed by atoms with E-state index in [9.17, 15) is 0 Å². The first-order chi connectivity index (χ1) is 70.8. The topological polar surface area (TPSA) is 142 Å². The molecular weight excluding hydrogens is 1760 g/mol. The van der Waals surface area contributed by atoms with Gasteiger partial charge in [-0.3, -0.25) is 0 Å². The minimum absolute atomic E-state index is 0.635. The van der Waals surface area contributed by atoms with Crippen molar-refractivity contribution in [2.24, 2.45) is 0 Å². The third-order valence-electron chi connectivity index (χ3n) is 27.5. The second-order valence-electron chi connectivity index (χ2n) is 36.1. The molecule has 29 rings (SSSR count). The number of hydrogen-bond acceptors (Lipinski definition) is 12. The molecule has 12 heteroatoms. The average Bonchev–Trinajstić information content (AvgIpc) is 1.74. The molecule has 0 bridgehead atoms. The lowest BCUT2D eigenvalue weighted by molar-refractivity contribution is 0.668. The maximum absolute atomic E-state index is 6.26. The Bertz CT molecular complexity index is 9990. The summed E-state index contributed by atoms with van der Waals surface area (Å²) in [7, 11) is 0. The molecule has 0 atom stereocenters. The third-order valence-corrected chi connectivity index (χ3v) is 28.8. The van der Waals surface area contributed by atoms with Gasteiger partial charge in [0.05, 0.1) is 0 Å². The number of fused-ring (bicyclic) bond motifs is 17. The highest BCUT2D eigenvalue weighted by atomic mass is 32.1. The highest BCUT2D eigenvalue weighted by Gasteiger charge is 2.25. The van der Waals surface area contributed by atoms with Gasteiger partial charge in [-0.1, -0.05) is 400 Å². The maximum atomic E-state index is 6.26. The van der Waals surface area contributed by atoms with Crippen LogP contribution in [-0.4, -0.2) is 44.9 Å². The summed E-state index contributed by atoms with van der Waals surface area (Å²) in [5.74, 6) is 5.82. The van der Waals surface area contributed by atoms with E-state index < -0.39 is 0 Å². The van der Waals surface area contributed by atoms with Crippen molar-refractivity contribution in [1.29, 1.82) is 0 Å². The summed E-state index contributed by atoms with van der Waals surface area (Å²) in [5, 5.41) is 25.4. The SMILES string of the molecule is c1ccc(-c2nc(-c3ccc4ccccc4c3)nc(-c3ccc(-c4ccc5c(c4)oc4ccccc45)c4ccccc34)n2)cc1.c1ccc2cc(-c3nc(-c4ccc5ccccc5c4)nc(-c4ccc(-c5cccc6c5sc5ccccc56)c5ccccc45)n3)ccc2c1.c1ccc2cc(-c3nc(-c4ccc5ccccc5c4)nc(-c4cccc5c(-c6cccc7oc8ccccc8c67)cccc45)n3)ccc2c1. The zero-order valence-corrected chi connectivity index (χ0v) is 77.7. The molecule has 23 aromatic carbocycles. The standard InChI is InChI=1S/C45H27N3O.C45H27N3S.C41H25N3O/c1-3-12-30-26-32(24-22-28(30)10-1)43-46-44(33-25-23-29-11-2-4-13-31(29)27-33)48-45(47-43)38-19-8-15-34-35(16-7-17-36(34)38)37-18-9-21-41-42(37)39-14-5-6-20-40(39)49-41;1-3-12-30-26-32(22-20-28(30)10-1)43-46-44(33-23-21-29-11-2-4-13-31(29)27-33)48-45(47-43)40-25-24-36(34-14-5-6-15-35(34)40)38-17-9-18-39-37-16-7-8-19-41(37)49-42(38)39;1-2-11-27(12-3-1)39-42-40(30-19-18-26-10-4-5-13-28(26)24-30)44-41(43-39)36-23-22-31(32-14-6-7-15-33(32)36)29-20-21-35-34-16-8-9-17-37(34)45-38(35)25-29/h2*1-27H;1-25H. The first-order valence-electron chi connectivity index (χ1n) is 47.9. The van der Waals surface area contributed by atoms with Crippen LogP contribution >= 0.6 is 11.3 Å². The number of benzene rings is 23. The van der Waals surface area contributed by atoms with Crippen LogP contribution in [0.15, 0.2) is 488 Å². The number of para-hydroxylation sites is 2. The quantitative estimate of drug-likeness (QED) is 0.115. The molecule has 0 unspecified atom stereocenters. The second kappa shape index (κ2) is 35.2. The van der Waals surface area contributed by atoms with Crippen molar-refractivity contribution in [3.8, 4) is 136 Å². The first-order valence-corrected chi connectivity index (χ1v) is 48.7. The Morgan fingerprint density at radius 3 is 0.902 bits per heavy atom. The van der Waals surface area contributed by atoms with Gasteiger partial charge in [-0.2, -0.15) is 0 Å². The summed E-state index contributed by atoms with van der Waals surface area (Å²) in [6.45, 7) is 0. The molecule has 6 aromatic heterocycles. The van der Waals surface area contributed by atoms with Crippen molar-refractivity contribution >= 4 is 162 Å². The lowest BCUT2D eigenvalue weighted by atomic mass is 9.93. The van der Waals surface area contributed by atoms with Gasteiger partial charge in [-0.05, 0) is 193 Å². The van der Waals surface area contributed by atoms with E-state index in [0.29, 0.717) is 52.4 Å². The van der Waals surface area contributed by atoms with Crippen LogP contribution < -0.4 is 0 Å². The summed E-state index contributed by atoms with van der Waals surface area (Å²) in [5.41, 5.74) is 19.1. The summed E-state index contributed by atoms with van der Waals surface area (Å²) in [4.78, 5) is 46.0. The van der Waals surface area contributed by atoms with E-state index in [1.807, 2.05) is 78.1 Å². The monoisotopic (exact) mass is 1840 g/mol. The van der Waals surface area contributed by atoms with Crippen molar-refractivity contribution < 1.29 is 8.83 Å². The van der Waals surface area contributed by atoms with E-state index >= 15 is 0 Å². The zero-order valence-electron chi connectivity index (χ0n) is 76.9. The van der Waals surface area contributed by atoms with Crippen LogP contribution in [0.3, 0.4) is 0 Å². The largest absolute Gasteiger partial charge is 0.456 e. The third kappa shape index (κ3) is 15.3. The normalized spacial score (nSPS) is 11.6. The molecule has 666 valence electrons. The average molecular weight is 1840 g/mol. The van der Waals surface area contributed by atoms with E-state index in [-0.39, 0.29) is 0 Å². The van der Waals surface area contributed by atoms with Crippen LogP contribution in [0.25, 0.3) is 286 Å². The van der Waals surface area contributed by atoms with Gasteiger partial charge in [0.15, 0.2) is 52.4 Å². The number of aromatic nitrogens is 9. The number of furan rings is 2. The smallest absolute Gasteiger partial charge is 0.164 e. The second-order valence-corrected chi connectivity index (χ2v) is 37.1. The first kappa shape index (κ1) is 83.4. The Labute approximate surface area is 824 Å². The number of hydrogen-bond donors (Lipinski definition) is 0. The molecular formula is C131H79N9O2S. The fourth-order valence-corrected chi connectivity index (χ4v) is 21.8. The van der Waals surface area contributed by atoms with Gasteiger partial charge in [0, 0.05) is 97.4 Å². The summed E-state index contributed by atoms with van der Waals surface area (Å²) in [6, 6.07) is 167. The molecule has 0 amide bonds. The van der Waals surface area contributed by atoms with Gasteiger partial charge in [-0.15, -0.1) is 11.3 Å². The fourth-order valence-electron chi connectivity index (χ4n) is 20.6. The highest BCUT2D eigenvalue weighted by Crippen LogP contribution is 2.48. The lowest BCUT2D eigenvalue weighted by Crippen LogP contribution is -2.01. The van der Waals surface area contributed by atoms with Crippen LogP contribution in [-0.2, 0) is 0 Å². The predicted octanol–water partition coefficient (Wildman–Crippen LogP) is 35.0. The minimum atomic E-state index is 0.635. The highest BCUT2D eigenvalue weighted by molar-refractivity contribution is 7.26. The van der Waals surface area contributed by atoms with E-state index in [1.54, 1.807) is 0 Å². The van der Waals surface area contributed by atoms with E-state index in [1.165, 1.54) is 63.6 Å². The summed E-state index contributed by atoms with van der Waals surface area (Å²) >= 11 is 1.86. The van der Waals surface area contributed by atoms with Crippen LogP contribution in [0.1, 0.15) is 0 Å². The molecule has 6 heterocycles. The molecule has 0 fully saturated rings. The minimum Gasteiger partial charge on any atom is -0.456 e. The Morgan fingerprint density at radius 1 is 0.140 bits per heavy atom. The summed E-state index contributed by atoms with van der Waals surface area (Å²) < 4.78 is 15.1. The van der Waals surface area contributed by atoms with Crippen LogP contribution in [0, 0.1) is 0 Å². The molecule has 0 aliphatic carbocycles. The molecule has 0 aliphatic heterocycles. The van der Waals surface area contributed by atoms with Crippen molar-refractivity contribution in [3.05, 3.63) is 479 Å². The number of nitrogens with zero attached hydrogens (tertiary/aromatic N) is 9. The molecule has 0 N–H and O–H groups in total. The summed E-state index contributed by atoms with van der Waals surface area (Å²) in [6.07, 6.45) is 0. The molecule has 0 aliphatic rings. The van der Waals surface area contributed by atoms with Gasteiger partial charge < -0.3 is 8.83 Å². The Morgan fingerprint density at radius 2 is 0.427 bits per heavy atom. The Kier molecular flexibility index (Phi) is 20.5. The number of rotatable bonds is 12. The molecule has 0 spiro atoms. The zero-order chi connectivity index (χ0) is 94.4. The van der Waals surface area contributed by atoms with E-state index in [0.717, 1.165) is 170 Å². The van der Waals surface area contributed by atoms with Crippen molar-refractivity contribution in [2.75, 3.05) is 0 Å². The Balaban J connectivity index is 0.000000107. The lowest BCUT2D eigenvalue weighted by Gasteiger charge is -2.14. The maximum Gasteiger partial charge on any atom is 0.164 e. The molecule has 0 radical (unpaired) electrons. The van der Waals surface area contributed by atoms with E-state index in [2.05, 4.69) is 413 Å². The number of thiophene rings is 1. The van der Waals surface area contributed by atoms with Crippen LogP contribution in [0.4, 0.5) is 0 Å². The molecule has 143 heavy (non-hydrogen) atoms. The van der Waals surface area contributed by atoms with Crippen LogP contribution in [0.2, 0.25) is 0 Å². The van der Waals surface area contributed by atoms with Crippen LogP contribution in [0.5, 0.6) is 0 Å². The van der Waals surface area contributed by atoms with E-state index in [4.69, 9.17) is 53.7 Å². The van der Waals surface area contributed by atoms with Crippen molar-refractivity contribution in [1.82, 2.24) is 44.9 Å². The van der Waals surface area contributed by atoms with Gasteiger partial charge in [0.1, 0.15) is 22.3 Å². The van der Waals surface area contributed by atoms with Crippen molar-refractivity contribution in [3.63, 3.8) is 0 Å². The Hall–Kier alpha value is -19.0. The molecule has 0 saturated carbocycles. The predicted molar refractivity (Wildman–Crippen MR) is 592 cm³/mol. The molecule has 29 aromatic rings. The fraction of sp³-hybridized carbons (Fsp3) is 0. The van der Waals surface area contributed by atoms with Crippen molar-refractivity contribution in [2.45, 2.75) is 0 Å². The van der Waals surface area contributed by atoms with Gasteiger partial charge in [0.25, 0.3) is 0 Å². The molecule has 11 nitrogen and oxygen atoms in total. The van der Waals surface area contributed by atoms with Gasteiger partial charge >= 0.3 is 0 Å². The molecule has 0 saturated heterocycles.